The van der Waals surface area contributed by atoms with E-state index in [-0.39, 0.29) is 18.9 Å². The van der Waals surface area contributed by atoms with Gasteiger partial charge in [0.25, 0.3) is 0 Å². The molecule has 0 heterocycles. The SMILES string of the molecule is CC(C)(C)NC(=O)[C@@H](Cc1ccccc1)N(Cc1cccc(Br)c1)C(=O)CN(c1ccc(Oc2ccccc2)cc1)S(C)(=O)=O. The van der Waals surface area contributed by atoms with E-state index in [0.717, 1.165) is 26.2 Å². The summed E-state index contributed by atoms with van der Waals surface area (Å²) in [6, 6.07) is 31.7. The number of halogens is 1. The highest BCUT2D eigenvalue weighted by molar-refractivity contribution is 9.10. The molecule has 236 valence electrons. The van der Waals surface area contributed by atoms with Crippen molar-refractivity contribution in [1.82, 2.24) is 10.2 Å². The lowest BCUT2D eigenvalue weighted by molar-refractivity contribution is -0.140. The minimum Gasteiger partial charge on any atom is -0.457 e. The average Bonchev–Trinajstić information content (AvgIpc) is 2.98. The van der Waals surface area contributed by atoms with Crippen LogP contribution in [0.1, 0.15) is 31.9 Å². The molecule has 0 bridgehead atoms. The number of rotatable bonds is 12. The summed E-state index contributed by atoms with van der Waals surface area (Å²) in [4.78, 5) is 29.6. The largest absolute Gasteiger partial charge is 0.457 e. The van der Waals surface area contributed by atoms with Crippen molar-refractivity contribution in [3.63, 3.8) is 0 Å². The molecule has 4 rings (SSSR count). The Labute approximate surface area is 274 Å². The van der Waals surface area contributed by atoms with Crippen molar-refractivity contribution < 1.29 is 22.7 Å². The number of anilines is 1. The molecule has 8 nitrogen and oxygen atoms in total. The van der Waals surface area contributed by atoms with Gasteiger partial charge in [0.2, 0.25) is 21.8 Å². The number of sulfonamides is 1. The number of hydrogen-bond donors (Lipinski definition) is 1. The summed E-state index contributed by atoms with van der Waals surface area (Å²) in [5.41, 5.74) is 1.39. The van der Waals surface area contributed by atoms with E-state index in [1.165, 1.54) is 4.90 Å². The van der Waals surface area contributed by atoms with Gasteiger partial charge in [-0.1, -0.05) is 76.6 Å². The molecular weight excluding hydrogens is 654 g/mol. The molecule has 0 radical (unpaired) electrons. The molecule has 0 fully saturated rings. The van der Waals surface area contributed by atoms with E-state index < -0.39 is 34.1 Å². The average molecular weight is 693 g/mol. The van der Waals surface area contributed by atoms with Crippen LogP contribution in [0.2, 0.25) is 0 Å². The zero-order chi connectivity index (χ0) is 32.6. The van der Waals surface area contributed by atoms with Crippen LogP contribution in [-0.2, 0) is 32.6 Å². The molecule has 0 aliphatic rings. The van der Waals surface area contributed by atoms with Crippen LogP contribution in [0.3, 0.4) is 0 Å². The Balaban J connectivity index is 1.69. The summed E-state index contributed by atoms with van der Waals surface area (Å²) in [5, 5.41) is 3.03. The lowest BCUT2D eigenvalue weighted by atomic mass is 10.0. The lowest BCUT2D eigenvalue weighted by Gasteiger charge is -2.35. The molecule has 0 saturated heterocycles. The standard InChI is InChI=1S/C35H38BrN3O5S/c1-35(2,3)37-34(41)32(23-26-12-7-5-8-13-26)38(24-27-14-11-15-28(36)22-27)33(40)25-39(45(4,42)43)29-18-20-31(21-19-29)44-30-16-9-6-10-17-30/h5-22,32H,23-25H2,1-4H3,(H,37,41)/t32-/m1/s1. The molecule has 0 aliphatic heterocycles. The number of carbonyl (C=O) groups excluding carboxylic acids is 2. The minimum atomic E-state index is -3.89. The van der Waals surface area contributed by atoms with Crippen molar-refractivity contribution in [2.75, 3.05) is 17.1 Å². The van der Waals surface area contributed by atoms with Gasteiger partial charge in [0, 0.05) is 23.0 Å². The van der Waals surface area contributed by atoms with Gasteiger partial charge in [-0.2, -0.15) is 0 Å². The first-order valence-electron chi connectivity index (χ1n) is 14.5. The summed E-state index contributed by atoms with van der Waals surface area (Å²) in [6.45, 7) is 5.22. The molecule has 1 N–H and O–H groups in total. The van der Waals surface area contributed by atoms with Crippen molar-refractivity contribution >= 4 is 43.5 Å². The maximum atomic E-state index is 14.3. The van der Waals surface area contributed by atoms with Crippen LogP contribution >= 0.6 is 15.9 Å². The fraction of sp³-hybridized carbons (Fsp3) is 0.257. The summed E-state index contributed by atoms with van der Waals surface area (Å²) in [5.74, 6) is 0.308. The van der Waals surface area contributed by atoms with E-state index >= 15 is 0 Å². The third kappa shape index (κ3) is 10.2. The van der Waals surface area contributed by atoms with Crippen molar-refractivity contribution in [2.45, 2.75) is 45.3 Å². The zero-order valence-electron chi connectivity index (χ0n) is 25.8. The second kappa shape index (κ2) is 14.8. The molecule has 10 heteroatoms. The molecule has 0 saturated carbocycles. The van der Waals surface area contributed by atoms with E-state index in [4.69, 9.17) is 4.74 Å². The third-order valence-electron chi connectivity index (χ3n) is 6.79. The Hall–Kier alpha value is -4.15. The van der Waals surface area contributed by atoms with Crippen LogP contribution in [0, 0.1) is 0 Å². The maximum Gasteiger partial charge on any atom is 0.244 e. The van der Waals surface area contributed by atoms with Crippen LogP contribution in [-0.4, -0.2) is 49.5 Å². The zero-order valence-corrected chi connectivity index (χ0v) is 28.2. The summed E-state index contributed by atoms with van der Waals surface area (Å²) < 4.78 is 33.9. The minimum absolute atomic E-state index is 0.0921. The van der Waals surface area contributed by atoms with Gasteiger partial charge in [0.1, 0.15) is 24.1 Å². The Morgan fingerprint density at radius 1 is 0.822 bits per heavy atom. The fourth-order valence-electron chi connectivity index (χ4n) is 4.76. The van der Waals surface area contributed by atoms with Gasteiger partial charge in [-0.3, -0.25) is 13.9 Å². The first kappa shape index (κ1) is 33.7. The van der Waals surface area contributed by atoms with Crippen molar-refractivity contribution in [2.24, 2.45) is 0 Å². The summed E-state index contributed by atoms with van der Waals surface area (Å²) in [6.07, 6.45) is 1.30. The smallest absolute Gasteiger partial charge is 0.244 e. The van der Waals surface area contributed by atoms with E-state index in [2.05, 4.69) is 21.2 Å². The van der Waals surface area contributed by atoms with Crippen LogP contribution in [0.5, 0.6) is 11.5 Å². The highest BCUT2D eigenvalue weighted by atomic mass is 79.9. The van der Waals surface area contributed by atoms with Crippen LogP contribution in [0.4, 0.5) is 5.69 Å². The summed E-state index contributed by atoms with van der Waals surface area (Å²) >= 11 is 3.49. The van der Waals surface area contributed by atoms with E-state index in [9.17, 15) is 18.0 Å². The second-order valence-corrected chi connectivity index (χ2v) is 14.6. The molecule has 2 amide bonds. The highest BCUT2D eigenvalue weighted by Crippen LogP contribution is 2.26. The number of ether oxygens (including phenoxy) is 1. The molecule has 1 atom stereocenters. The molecule has 45 heavy (non-hydrogen) atoms. The van der Waals surface area contributed by atoms with Crippen LogP contribution in [0.25, 0.3) is 0 Å². The predicted octanol–water partition coefficient (Wildman–Crippen LogP) is 6.56. The first-order valence-corrected chi connectivity index (χ1v) is 17.1. The Bertz CT molecular complexity index is 1690. The Morgan fingerprint density at radius 2 is 1.40 bits per heavy atom. The molecular formula is C35H38BrN3O5S. The van der Waals surface area contributed by atoms with E-state index in [1.807, 2.05) is 106 Å². The molecule has 0 aromatic heterocycles. The van der Waals surface area contributed by atoms with Gasteiger partial charge < -0.3 is 15.0 Å². The predicted molar refractivity (Wildman–Crippen MR) is 182 cm³/mol. The maximum absolute atomic E-state index is 14.3. The molecule has 4 aromatic carbocycles. The van der Waals surface area contributed by atoms with Gasteiger partial charge in [-0.15, -0.1) is 0 Å². The number of carbonyl (C=O) groups is 2. The number of nitrogens with one attached hydrogen (secondary N) is 1. The van der Waals surface area contributed by atoms with Crippen molar-refractivity contribution in [3.05, 3.63) is 125 Å². The fourth-order valence-corrected chi connectivity index (χ4v) is 6.05. The number of nitrogens with zero attached hydrogens (tertiary/aromatic N) is 2. The third-order valence-corrected chi connectivity index (χ3v) is 8.43. The molecule has 0 unspecified atom stereocenters. The molecule has 0 spiro atoms. The van der Waals surface area contributed by atoms with E-state index in [0.29, 0.717) is 17.2 Å². The Morgan fingerprint density at radius 3 is 1.98 bits per heavy atom. The second-order valence-electron chi connectivity index (χ2n) is 11.8. The van der Waals surface area contributed by atoms with Crippen molar-refractivity contribution in [1.29, 1.82) is 0 Å². The van der Waals surface area contributed by atoms with Gasteiger partial charge >= 0.3 is 0 Å². The van der Waals surface area contributed by atoms with Crippen LogP contribution in [0.15, 0.2) is 114 Å². The van der Waals surface area contributed by atoms with Gasteiger partial charge in [0.15, 0.2) is 0 Å². The molecule has 0 aliphatic carbocycles. The highest BCUT2D eigenvalue weighted by Gasteiger charge is 2.34. The first-order chi connectivity index (χ1) is 21.3. The quantitative estimate of drug-likeness (QED) is 0.182. The van der Waals surface area contributed by atoms with Crippen molar-refractivity contribution in [3.8, 4) is 11.5 Å². The van der Waals surface area contributed by atoms with Gasteiger partial charge in [-0.05, 0) is 80.4 Å². The monoisotopic (exact) mass is 691 g/mol. The number of amides is 2. The lowest BCUT2D eigenvalue weighted by Crippen LogP contribution is -2.56. The van der Waals surface area contributed by atoms with Crippen LogP contribution < -0.4 is 14.4 Å². The number of hydrogen-bond acceptors (Lipinski definition) is 5. The van der Waals surface area contributed by atoms with E-state index in [1.54, 1.807) is 24.3 Å². The number of para-hydroxylation sites is 1. The topological polar surface area (TPSA) is 96.0 Å². The van der Waals surface area contributed by atoms with Gasteiger partial charge in [0.05, 0.1) is 11.9 Å². The molecule has 4 aromatic rings. The Kier molecular flexibility index (Phi) is 11.1. The normalized spacial score (nSPS) is 12.2. The number of benzene rings is 4. The van der Waals surface area contributed by atoms with Gasteiger partial charge in [-0.25, -0.2) is 8.42 Å². The summed E-state index contributed by atoms with van der Waals surface area (Å²) in [7, 11) is -3.89.